The Balaban J connectivity index is 0.00000757. The number of furan rings is 1. The van der Waals surface area contributed by atoms with Gasteiger partial charge in [0.15, 0.2) is 0 Å². The number of aryl methyl sites for hydroxylation is 4. The fraction of sp³-hybridized carbons (Fsp3) is 0.136. The van der Waals surface area contributed by atoms with E-state index in [-0.39, 0.29) is 87.1 Å². The molecular formula is C59H43F3IrN3O. The standard InChI is InChI=1S/C59H43F3N3O.Ir/c1-59(2,46-25-28-53(65-37-46)49-20-12-19-47-48-26-27-50(60)56(58(48)66-57(47)49)43-17-10-5-11-18-43)34-40-30-38(21-23-44-35-63-54(32-51(44)61)41-13-6-3-7-14-41)29-39(31-40)22-24-45-36-64-55(33-52(45)62)42-15-8-4-9-16-42;/h3-13,15,17-19,25-33,35-37H,21-24,34H2,1-2H3;/q-3;+3/i5D,10D,11D,17D,18D,21D2,22D2,27D,34D2;. The fourth-order valence-corrected chi connectivity index (χ4v) is 7.73. The first-order valence-electron chi connectivity index (χ1n) is 26.9. The largest absolute Gasteiger partial charge is 3.00 e. The third kappa shape index (κ3) is 9.65. The van der Waals surface area contributed by atoms with Crippen molar-refractivity contribution >= 4 is 21.9 Å². The smallest absolute Gasteiger partial charge is 0.500 e. The second-order valence-electron chi connectivity index (χ2n) is 16.0. The van der Waals surface area contributed by atoms with Crippen molar-refractivity contribution in [1.29, 1.82) is 0 Å². The molecule has 0 saturated carbocycles. The van der Waals surface area contributed by atoms with Gasteiger partial charge in [-0.05, 0) is 107 Å². The van der Waals surface area contributed by atoms with Crippen molar-refractivity contribution in [3.05, 3.63) is 233 Å². The molecule has 0 aliphatic rings. The molecule has 0 saturated heterocycles. The average molecular weight is 1070 g/mol. The quantitative estimate of drug-likeness (QED) is 0.108. The zero-order valence-electron chi connectivity index (χ0n) is 47.8. The number of halogens is 3. The number of nitrogens with zero attached hydrogens (tertiary/aromatic N) is 3. The van der Waals surface area contributed by atoms with Crippen LogP contribution in [0.2, 0.25) is 0 Å². The van der Waals surface area contributed by atoms with Crippen molar-refractivity contribution < 1.29 is 54.1 Å². The van der Waals surface area contributed by atoms with Crippen molar-refractivity contribution in [2.45, 2.75) is 51.2 Å². The van der Waals surface area contributed by atoms with Gasteiger partial charge in [-0.15, -0.1) is 90.0 Å². The summed E-state index contributed by atoms with van der Waals surface area (Å²) in [5, 5.41) is 0.598. The predicted octanol–water partition coefficient (Wildman–Crippen LogP) is 14.3. The minimum atomic E-state index is -2.45. The fourth-order valence-electron chi connectivity index (χ4n) is 7.73. The van der Waals surface area contributed by atoms with Gasteiger partial charge in [0, 0.05) is 43.3 Å². The molecule has 4 nitrogen and oxygen atoms in total. The molecule has 67 heavy (non-hydrogen) atoms. The number of pyridine rings is 3. The zero-order valence-corrected chi connectivity index (χ0v) is 38.2. The van der Waals surface area contributed by atoms with Crippen LogP contribution in [0.15, 0.2) is 168 Å². The molecule has 0 radical (unpaired) electrons. The van der Waals surface area contributed by atoms with Gasteiger partial charge in [-0.3, -0.25) is 0 Å². The topological polar surface area (TPSA) is 51.8 Å². The summed E-state index contributed by atoms with van der Waals surface area (Å²) >= 11 is 0. The summed E-state index contributed by atoms with van der Waals surface area (Å²) < 4.78 is 161. The minimum absolute atomic E-state index is 0. The van der Waals surface area contributed by atoms with Crippen LogP contribution in [0.4, 0.5) is 13.2 Å². The van der Waals surface area contributed by atoms with Gasteiger partial charge in [0.05, 0.1) is 19.4 Å². The van der Waals surface area contributed by atoms with E-state index in [9.17, 15) is 8.22 Å². The van der Waals surface area contributed by atoms with Gasteiger partial charge in [0.1, 0.15) is 23.0 Å². The van der Waals surface area contributed by atoms with Gasteiger partial charge >= 0.3 is 20.1 Å². The van der Waals surface area contributed by atoms with E-state index in [1.54, 1.807) is 86.6 Å². The summed E-state index contributed by atoms with van der Waals surface area (Å²) in [7, 11) is 0. The minimum Gasteiger partial charge on any atom is -0.500 e. The molecule has 10 aromatic rings. The SMILES string of the molecule is [2H]c1cc2c(oc3c(-c4ccc(C(C)(C)C([2H])([2H])c5cc(C([2H])([2H])Cc6cnc(-c7[c-]cccc7)cc6F)cc(C([2H])([2H])Cc6cnc(-c7[c-]cccc7)cc6F)c5)cn4)[c-]ccc32)c(-c2c([2H])c([2H])c([2H])c([2H])c2[2H])c1F.[Ir+3]. The Bertz CT molecular complexity index is 3850. The first-order valence-corrected chi connectivity index (χ1v) is 20.9. The summed E-state index contributed by atoms with van der Waals surface area (Å²) in [6.45, 7) is 3.19. The Kier molecular flexibility index (Phi) is 9.48. The molecule has 0 aliphatic heterocycles. The van der Waals surface area contributed by atoms with Crippen molar-refractivity contribution in [3.8, 4) is 44.9 Å². The van der Waals surface area contributed by atoms with E-state index >= 15 is 13.2 Å². The third-order valence-corrected chi connectivity index (χ3v) is 11.2. The van der Waals surface area contributed by atoms with Crippen LogP contribution < -0.4 is 0 Å². The normalized spacial score (nSPS) is 14.8. The van der Waals surface area contributed by atoms with Gasteiger partial charge in [0.25, 0.3) is 0 Å². The van der Waals surface area contributed by atoms with Gasteiger partial charge in [-0.1, -0.05) is 85.3 Å². The average Bonchev–Trinajstić information content (AvgIpc) is 4.10. The Labute approximate surface area is 418 Å². The van der Waals surface area contributed by atoms with E-state index in [4.69, 9.17) is 12.6 Å². The van der Waals surface area contributed by atoms with Crippen LogP contribution in [0.25, 0.3) is 66.8 Å². The summed E-state index contributed by atoms with van der Waals surface area (Å²) in [5.41, 5.74) is -0.779. The van der Waals surface area contributed by atoms with E-state index in [1.807, 2.05) is 0 Å². The van der Waals surface area contributed by atoms with Crippen LogP contribution in [-0.2, 0) is 57.5 Å². The maximum Gasteiger partial charge on any atom is 3.00 e. The van der Waals surface area contributed by atoms with Gasteiger partial charge in [0.2, 0.25) is 0 Å². The first-order chi connectivity index (χ1) is 36.9. The van der Waals surface area contributed by atoms with Gasteiger partial charge < -0.3 is 19.4 Å². The Morgan fingerprint density at radius 2 is 1.19 bits per heavy atom. The molecule has 4 heterocycles. The van der Waals surface area contributed by atoms with E-state index in [2.05, 4.69) is 33.2 Å². The van der Waals surface area contributed by atoms with E-state index in [0.29, 0.717) is 22.1 Å². The number of hydrogen-bond donors (Lipinski definition) is 0. The second-order valence-corrected chi connectivity index (χ2v) is 16.0. The van der Waals surface area contributed by atoms with E-state index < -0.39 is 102 Å². The molecule has 0 fully saturated rings. The zero-order chi connectivity index (χ0) is 55.8. The van der Waals surface area contributed by atoms with Crippen LogP contribution in [0, 0.1) is 35.7 Å². The van der Waals surface area contributed by atoms with Gasteiger partial charge in [-0.25, -0.2) is 13.2 Å². The Hall–Kier alpha value is -6.99. The maximum atomic E-state index is 16.1. The number of hydrogen-bond acceptors (Lipinski definition) is 4. The first kappa shape index (κ1) is 32.6. The third-order valence-electron chi connectivity index (χ3n) is 11.2. The summed E-state index contributed by atoms with van der Waals surface area (Å²) in [5.74, 6) is -2.65. The number of rotatable bonds is 13. The monoisotopic (exact) mass is 1070 g/mol. The summed E-state index contributed by atoms with van der Waals surface area (Å²) in [6, 6.07) is 32.4. The van der Waals surface area contributed by atoms with Gasteiger partial charge in [-0.2, -0.15) is 0 Å². The van der Waals surface area contributed by atoms with E-state index in [0.717, 1.165) is 0 Å². The molecule has 330 valence electrons. The van der Waals surface area contributed by atoms with Crippen LogP contribution in [0.5, 0.6) is 0 Å². The Morgan fingerprint density at radius 1 is 0.597 bits per heavy atom. The molecule has 0 unspecified atom stereocenters. The van der Waals surface area contributed by atoms with Crippen LogP contribution >= 0.6 is 0 Å². The van der Waals surface area contributed by atoms with Crippen LogP contribution in [-0.4, -0.2) is 15.0 Å². The molecule has 0 aliphatic carbocycles. The molecule has 0 bridgehead atoms. The maximum absolute atomic E-state index is 16.1. The predicted molar refractivity (Wildman–Crippen MR) is 256 cm³/mol. The molecule has 0 N–H and O–H groups in total. The molecule has 10 rings (SSSR count). The number of fused-ring (bicyclic) bond motifs is 3. The molecule has 0 amide bonds. The van der Waals surface area contributed by atoms with Crippen molar-refractivity contribution in [2.24, 2.45) is 0 Å². The van der Waals surface area contributed by atoms with Crippen LogP contribution in [0.3, 0.4) is 0 Å². The van der Waals surface area contributed by atoms with Crippen molar-refractivity contribution in [2.75, 3.05) is 0 Å². The molecule has 6 aromatic carbocycles. The summed E-state index contributed by atoms with van der Waals surface area (Å²) in [6.07, 6.45) is -4.64. The van der Waals surface area contributed by atoms with Crippen LogP contribution in [0.1, 0.15) is 63.7 Å². The second kappa shape index (κ2) is 19.5. The van der Waals surface area contributed by atoms with Crippen molar-refractivity contribution in [3.63, 3.8) is 0 Å². The summed E-state index contributed by atoms with van der Waals surface area (Å²) in [4.78, 5) is 13.4. The molecular weight excluding hydrogens is 1020 g/mol. The molecule has 8 heteroatoms. The molecule has 4 aromatic heterocycles. The van der Waals surface area contributed by atoms with E-state index in [1.165, 1.54) is 55.0 Å². The number of benzene rings is 6. The molecule has 0 atom stereocenters. The van der Waals surface area contributed by atoms with Crippen molar-refractivity contribution in [1.82, 2.24) is 15.0 Å². The molecule has 0 spiro atoms. The number of aromatic nitrogens is 3. The Morgan fingerprint density at radius 3 is 1.76 bits per heavy atom.